The van der Waals surface area contributed by atoms with Crippen LogP contribution in [0, 0.1) is 5.92 Å². The number of nitrogens with one attached hydrogen (secondary N) is 1. The van der Waals surface area contributed by atoms with Gasteiger partial charge in [-0.05, 0) is 18.8 Å². The lowest BCUT2D eigenvalue weighted by molar-refractivity contribution is 0.174. The number of benzene rings is 1. The second-order valence-corrected chi connectivity index (χ2v) is 5.12. The molecule has 17 heavy (non-hydrogen) atoms. The highest BCUT2D eigenvalue weighted by molar-refractivity contribution is 6.33. The van der Waals surface area contributed by atoms with Crippen molar-refractivity contribution in [1.82, 2.24) is 0 Å². The van der Waals surface area contributed by atoms with Gasteiger partial charge in [0.1, 0.15) is 0 Å². The van der Waals surface area contributed by atoms with Crippen molar-refractivity contribution in [3.05, 3.63) is 17.2 Å². The third-order valence-corrected chi connectivity index (χ3v) is 3.83. The van der Waals surface area contributed by atoms with Gasteiger partial charge in [0.25, 0.3) is 0 Å². The number of ether oxygens (including phenoxy) is 2. The van der Waals surface area contributed by atoms with Crippen LogP contribution in [-0.2, 0) is 0 Å². The molecule has 1 aliphatic carbocycles. The summed E-state index contributed by atoms with van der Waals surface area (Å²) in [6.45, 7) is 1.29. The molecule has 3 rings (SSSR count). The summed E-state index contributed by atoms with van der Waals surface area (Å²) in [7, 11) is 0. The Morgan fingerprint density at radius 2 is 1.88 bits per heavy atom. The summed E-state index contributed by atoms with van der Waals surface area (Å²) in [4.78, 5) is 0. The first-order chi connectivity index (χ1) is 8.33. The second-order valence-electron chi connectivity index (χ2n) is 4.72. The molecule has 0 atom stereocenters. The van der Waals surface area contributed by atoms with Crippen LogP contribution in [0.25, 0.3) is 0 Å². The van der Waals surface area contributed by atoms with Crippen molar-refractivity contribution >= 4 is 17.3 Å². The van der Waals surface area contributed by atoms with E-state index in [2.05, 4.69) is 5.32 Å². The van der Waals surface area contributed by atoms with Crippen LogP contribution in [0.2, 0.25) is 5.02 Å². The molecule has 1 fully saturated rings. The highest BCUT2D eigenvalue weighted by Crippen LogP contribution is 2.39. The van der Waals surface area contributed by atoms with E-state index in [-0.39, 0.29) is 6.79 Å². The van der Waals surface area contributed by atoms with Crippen LogP contribution < -0.4 is 14.8 Å². The van der Waals surface area contributed by atoms with Gasteiger partial charge >= 0.3 is 0 Å². The van der Waals surface area contributed by atoms with Crippen LogP contribution in [-0.4, -0.2) is 13.3 Å². The lowest BCUT2D eigenvalue weighted by atomic mass is 10.1. The van der Waals surface area contributed by atoms with E-state index in [0.717, 1.165) is 29.6 Å². The zero-order valence-corrected chi connectivity index (χ0v) is 10.4. The quantitative estimate of drug-likeness (QED) is 0.892. The van der Waals surface area contributed by atoms with Crippen molar-refractivity contribution in [3.63, 3.8) is 0 Å². The first-order valence-corrected chi connectivity index (χ1v) is 6.54. The maximum atomic E-state index is 6.20. The Bertz CT molecular complexity index is 416. The molecular formula is C13H16ClNO2. The summed E-state index contributed by atoms with van der Waals surface area (Å²) >= 11 is 6.20. The Hall–Kier alpha value is -1.09. The van der Waals surface area contributed by atoms with Crippen molar-refractivity contribution in [2.45, 2.75) is 25.7 Å². The number of hydrogen-bond acceptors (Lipinski definition) is 3. The maximum absolute atomic E-state index is 6.20. The molecule has 1 N–H and O–H groups in total. The van der Waals surface area contributed by atoms with Crippen molar-refractivity contribution in [2.24, 2.45) is 5.92 Å². The van der Waals surface area contributed by atoms with E-state index in [1.807, 2.05) is 12.1 Å². The molecule has 0 spiro atoms. The van der Waals surface area contributed by atoms with Gasteiger partial charge in [-0.15, -0.1) is 0 Å². The number of hydrogen-bond donors (Lipinski definition) is 1. The minimum atomic E-state index is 0.289. The van der Waals surface area contributed by atoms with Crippen LogP contribution in [0.4, 0.5) is 5.69 Å². The molecule has 1 aliphatic heterocycles. The second kappa shape index (κ2) is 4.65. The summed E-state index contributed by atoms with van der Waals surface area (Å²) < 4.78 is 10.6. The van der Waals surface area contributed by atoms with E-state index in [9.17, 15) is 0 Å². The molecule has 92 valence electrons. The van der Waals surface area contributed by atoms with E-state index >= 15 is 0 Å². The molecule has 0 bridgehead atoms. The standard InChI is InChI=1S/C13H16ClNO2/c14-10-5-12-13(17-8-16-12)6-11(10)15-7-9-3-1-2-4-9/h5-6,9,15H,1-4,7-8H2. The Labute approximate surface area is 106 Å². The molecule has 0 unspecified atom stereocenters. The minimum absolute atomic E-state index is 0.289. The van der Waals surface area contributed by atoms with E-state index in [4.69, 9.17) is 21.1 Å². The fourth-order valence-electron chi connectivity index (χ4n) is 2.52. The zero-order chi connectivity index (χ0) is 11.7. The first kappa shape index (κ1) is 11.0. The molecular weight excluding hydrogens is 238 g/mol. The molecule has 0 aromatic heterocycles. The SMILES string of the molecule is Clc1cc2c(cc1NCC1CCCC1)OCO2. The van der Waals surface area contributed by atoms with Crippen LogP contribution in [0.5, 0.6) is 11.5 Å². The number of rotatable bonds is 3. The van der Waals surface area contributed by atoms with Crippen molar-refractivity contribution < 1.29 is 9.47 Å². The van der Waals surface area contributed by atoms with Crippen molar-refractivity contribution in [3.8, 4) is 11.5 Å². The Balaban J connectivity index is 1.69. The van der Waals surface area contributed by atoms with Gasteiger partial charge in [0.2, 0.25) is 6.79 Å². The van der Waals surface area contributed by atoms with Crippen molar-refractivity contribution in [2.75, 3.05) is 18.7 Å². The number of halogens is 1. The molecule has 1 saturated carbocycles. The molecule has 3 nitrogen and oxygen atoms in total. The Morgan fingerprint density at radius 1 is 1.18 bits per heavy atom. The van der Waals surface area contributed by atoms with Gasteiger partial charge in [0.05, 0.1) is 10.7 Å². The smallest absolute Gasteiger partial charge is 0.231 e. The highest BCUT2D eigenvalue weighted by Gasteiger charge is 2.18. The Kier molecular flexibility index (Phi) is 3.02. The van der Waals surface area contributed by atoms with Gasteiger partial charge in [0.15, 0.2) is 11.5 Å². The van der Waals surface area contributed by atoms with E-state index < -0.39 is 0 Å². The summed E-state index contributed by atoms with van der Waals surface area (Å²) in [6, 6.07) is 3.75. The monoisotopic (exact) mass is 253 g/mol. The average Bonchev–Trinajstić information content (AvgIpc) is 2.95. The van der Waals surface area contributed by atoms with Gasteiger partial charge in [-0.2, -0.15) is 0 Å². The predicted molar refractivity (Wildman–Crippen MR) is 68.0 cm³/mol. The first-order valence-electron chi connectivity index (χ1n) is 6.16. The number of fused-ring (bicyclic) bond motifs is 1. The lowest BCUT2D eigenvalue weighted by Gasteiger charge is -2.13. The molecule has 1 aromatic rings. The molecule has 0 radical (unpaired) electrons. The van der Waals surface area contributed by atoms with Crippen LogP contribution in [0.3, 0.4) is 0 Å². The van der Waals surface area contributed by atoms with Gasteiger partial charge in [-0.25, -0.2) is 0 Å². The van der Waals surface area contributed by atoms with Gasteiger partial charge in [-0.3, -0.25) is 0 Å². The minimum Gasteiger partial charge on any atom is -0.454 e. The van der Waals surface area contributed by atoms with E-state index in [1.54, 1.807) is 0 Å². The van der Waals surface area contributed by atoms with Gasteiger partial charge < -0.3 is 14.8 Å². The fraction of sp³-hybridized carbons (Fsp3) is 0.538. The van der Waals surface area contributed by atoms with Gasteiger partial charge in [-0.1, -0.05) is 24.4 Å². The molecule has 4 heteroatoms. The van der Waals surface area contributed by atoms with Crippen LogP contribution in [0.1, 0.15) is 25.7 Å². The summed E-state index contributed by atoms with van der Waals surface area (Å²) in [5, 5.41) is 4.12. The fourth-order valence-corrected chi connectivity index (χ4v) is 2.74. The molecule has 1 aromatic carbocycles. The molecule has 1 heterocycles. The summed E-state index contributed by atoms with van der Waals surface area (Å²) in [5.74, 6) is 2.31. The largest absolute Gasteiger partial charge is 0.454 e. The molecule has 0 amide bonds. The van der Waals surface area contributed by atoms with Crippen LogP contribution >= 0.6 is 11.6 Å². The third-order valence-electron chi connectivity index (χ3n) is 3.52. The Morgan fingerprint density at radius 3 is 2.65 bits per heavy atom. The lowest BCUT2D eigenvalue weighted by Crippen LogP contribution is -2.11. The predicted octanol–water partition coefficient (Wildman–Crippen LogP) is 3.67. The zero-order valence-electron chi connectivity index (χ0n) is 9.67. The highest BCUT2D eigenvalue weighted by atomic mass is 35.5. The normalized spacial score (nSPS) is 18.6. The van der Waals surface area contributed by atoms with E-state index in [1.165, 1.54) is 25.7 Å². The van der Waals surface area contributed by atoms with E-state index in [0.29, 0.717) is 5.02 Å². The van der Waals surface area contributed by atoms with Crippen LogP contribution in [0.15, 0.2) is 12.1 Å². The maximum Gasteiger partial charge on any atom is 0.231 e. The summed E-state index contributed by atoms with van der Waals surface area (Å²) in [5.41, 5.74) is 0.947. The third kappa shape index (κ3) is 2.29. The molecule has 2 aliphatic rings. The topological polar surface area (TPSA) is 30.5 Å². The average molecular weight is 254 g/mol. The molecule has 0 saturated heterocycles. The van der Waals surface area contributed by atoms with Crippen molar-refractivity contribution in [1.29, 1.82) is 0 Å². The number of anilines is 1. The summed E-state index contributed by atoms with van der Waals surface area (Å²) in [6.07, 6.45) is 5.38. The van der Waals surface area contributed by atoms with Gasteiger partial charge in [0, 0.05) is 18.7 Å².